The number of β-amino-alcohol motifs (C(OH)–C–C–N with tert-alkyl or cyclic N) is 1. The number of carbonyl (C=O) groups is 3. The summed E-state index contributed by atoms with van der Waals surface area (Å²) in [6.07, 6.45) is -3.27. The van der Waals surface area contributed by atoms with Gasteiger partial charge in [0, 0.05) is 17.2 Å². The van der Waals surface area contributed by atoms with E-state index < -0.39 is 54.6 Å². The molecule has 2 atom stereocenters. The maximum absolute atomic E-state index is 13.2. The first-order valence-corrected chi connectivity index (χ1v) is 11.6. The maximum Gasteiger partial charge on any atom is 0.416 e. The molecule has 2 aromatic rings. The van der Waals surface area contributed by atoms with E-state index in [9.17, 15) is 37.8 Å². The number of pyridine rings is 1. The van der Waals surface area contributed by atoms with E-state index in [4.69, 9.17) is 0 Å². The minimum atomic E-state index is -4.68. The number of halogens is 4. The van der Waals surface area contributed by atoms with Crippen molar-refractivity contribution < 1.29 is 37.8 Å². The van der Waals surface area contributed by atoms with Crippen molar-refractivity contribution in [1.29, 1.82) is 0 Å². The number of carbonyl (C=O) groups excluding carboxylic acids is 2. The van der Waals surface area contributed by atoms with E-state index >= 15 is 0 Å². The maximum atomic E-state index is 13.2. The minimum absolute atomic E-state index is 0.0572. The standard InChI is InChI=1S/C22H22BrF3N6O5/c23-14-2-11(1-13(4-14)22(24,25)26)17(5-19(35)36)32-18(34)10-28-20(37)12-3-15(7-27-6-12)31-21-29-8-16(33)9-30-21/h1-4,6-7,16-17,33H,5,8-10H2,(H,28,37)(H,32,34)(H,35,36)(H2,29,30,31). The minimum Gasteiger partial charge on any atom is -0.481 e. The van der Waals surface area contributed by atoms with Crippen molar-refractivity contribution in [2.75, 3.05) is 25.0 Å². The average Bonchev–Trinajstić information content (AvgIpc) is 2.82. The molecule has 0 saturated carbocycles. The summed E-state index contributed by atoms with van der Waals surface area (Å²) in [4.78, 5) is 44.3. The monoisotopic (exact) mass is 586 g/mol. The lowest BCUT2D eigenvalue weighted by molar-refractivity contribution is -0.138. The van der Waals surface area contributed by atoms with Crippen molar-refractivity contribution in [1.82, 2.24) is 20.9 Å². The Labute approximate surface area is 216 Å². The number of alkyl halides is 3. The number of aliphatic hydroxyl groups excluding tert-OH is 1. The van der Waals surface area contributed by atoms with Crippen molar-refractivity contribution >= 4 is 45.4 Å². The van der Waals surface area contributed by atoms with Gasteiger partial charge in [0.05, 0.1) is 54.7 Å². The van der Waals surface area contributed by atoms with Gasteiger partial charge in [-0.3, -0.25) is 24.4 Å². The number of hydrogen-bond acceptors (Lipinski definition) is 8. The van der Waals surface area contributed by atoms with Crippen LogP contribution < -0.4 is 21.3 Å². The molecule has 0 fully saturated rings. The molecule has 0 saturated heterocycles. The molecular weight excluding hydrogens is 565 g/mol. The van der Waals surface area contributed by atoms with Gasteiger partial charge in [0.2, 0.25) is 5.91 Å². The number of rotatable bonds is 8. The molecule has 1 aliphatic heterocycles. The number of amides is 2. The van der Waals surface area contributed by atoms with Gasteiger partial charge in [-0.2, -0.15) is 13.2 Å². The highest BCUT2D eigenvalue weighted by Gasteiger charge is 2.32. The van der Waals surface area contributed by atoms with Crippen LogP contribution in [0.1, 0.15) is 33.9 Å². The molecule has 15 heteroatoms. The van der Waals surface area contributed by atoms with Gasteiger partial charge in [-0.05, 0) is 29.8 Å². The number of nitrogens with zero attached hydrogens (tertiary/aromatic N) is 2. The molecule has 37 heavy (non-hydrogen) atoms. The first kappa shape index (κ1) is 27.9. The summed E-state index contributed by atoms with van der Waals surface area (Å²) in [5.41, 5.74) is -0.575. The largest absolute Gasteiger partial charge is 0.481 e. The highest BCUT2D eigenvalue weighted by atomic mass is 79.9. The van der Waals surface area contributed by atoms with Gasteiger partial charge in [0.25, 0.3) is 5.91 Å². The summed E-state index contributed by atoms with van der Waals surface area (Å²) in [6.45, 7) is -0.0634. The van der Waals surface area contributed by atoms with Crippen LogP contribution in [0.25, 0.3) is 0 Å². The number of anilines is 1. The Morgan fingerprint density at radius 2 is 1.95 bits per heavy atom. The average molecular weight is 587 g/mol. The summed E-state index contributed by atoms with van der Waals surface area (Å²) < 4.78 is 39.6. The Morgan fingerprint density at radius 1 is 1.19 bits per heavy atom. The third-order valence-corrected chi connectivity index (χ3v) is 5.46. The summed E-state index contributed by atoms with van der Waals surface area (Å²) in [6, 6.07) is 3.03. The number of aromatic nitrogens is 1. The second kappa shape index (κ2) is 12.0. The number of carboxylic acid groups (broad SMARTS) is 1. The third kappa shape index (κ3) is 8.42. The lowest BCUT2D eigenvalue weighted by Gasteiger charge is -2.20. The Hall–Kier alpha value is -3.72. The first-order chi connectivity index (χ1) is 17.4. The number of nitrogens with one attached hydrogen (secondary N) is 4. The molecular formula is C22H22BrF3N6O5. The summed E-state index contributed by atoms with van der Waals surface area (Å²) in [5, 5.41) is 29.1. The molecule has 2 amide bonds. The Morgan fingerprint density at radius 3 is 2.59 bits per heavy atom. The molecule has 198 valence electrons. The van der Waals surface area contributed by atoms with Crippen LogP contribution in [0.2, 0.25) is 0 Å². The van der Waals surface area contributed by atoms with E-state index in [1.165, 1.54) is 24.5 Å². The number of aliphatic hydroxyl groups is 1. The summed E-state index contributed by atoms with van der Waals surface area (Å²) >= 11 is 2.97. The third-order valence-electron chi connectivity index (χ3n) is 5.00. The second-order valence-electron chi connectivity index (χ2n) is 7.98. The molecule has 1 aromatic carbocycles. The molecule has 0 radical (unpaired) electrons. The number of hydrogen-bond donors (Lipinski definition) is 6. The van der Waals surface area contributed by atoms with Crippen molar-refractivity contribution in [2.45, 2.75) is 24.7 Å². The Bertz CT molecular complexity index is 1210. The number of aliphatic imine (C=N–C) groups is 1. The van der Waals surface area contributed by atoms with Crippen LogP contribution in [-0.4, -0.2) is 64.7 Å². The molecule has 1 aliphatic rings. The van der Waals surface area contributed by atoms with Gasteiger partial charge in [0.1, 0.15) is 0 Å². The lowest BCUT2D eigenvalue weighted by atomic mass is 10.0. The predicted octanol–water partition coefficient (Wildman–Crippen LogP) is 1.66. The molecule has 2 heterocycles. The summed E-state index contributed by atoms with van der Waals surface area (Å²) in [7, 11) is 0. The number of aliphatic carboxylic acids is 1. The van der Waals surface area contributed by atoms with Gasteiger partial charge >= 0.3 is 12.1 Å². The molecule has 3 rings (SSSR count). The molecule has 0 aliphatic carbocycles. The van der Waals surface area contributed by atoms with Crippen LogP contribution in [0.3, 0.4) is 0 Å². The molecule has 0 spiro atoms. The van der Waals surface area contributed by atoms with Crippen molar-refractivity contribution in [2.24, 2.45) is 4.99 Å². The molecule has 6 N–H and O–H groups in total. The fraction of sp³-hybridized carbons (Fsp3) is 0.318. The van der Waals surface area contributed by atoms with Crippen molar-refractivity contribution in [3.8, 4) is 0 Å². The van der Waals surface area contributed by atoms with Crippen LogP contribution in [0.15, 0.2) is 46.1 Å². The molecule has 11 nitrogen and oxygen atoms in total. The van der Waals surface area contributed by atoms with Crippen LogP contribution in [-0.2, 0) is 15.8 Å². The van der Waals surface area contributed by atoms with Gasteiger partial charge in [-0.25, -0.2) is 0 Å². The zero-order valence-electron chi connectivity index (χ0n) is 19.0. The van der Waals surface area contributed by atoms with E-state index in [1.54, 1.807) is 0 Å². The molecule has 0 bridgehead atoms. The van der Waals surface area contributed by atoms with Crippen molar-refractivity contribution in [3.05, 3.63) is 57.8 Å². The van der Waals surface area contributed by atoms with Gasteiger partial charge in [0.15, 0.2) is 5.96 Å². The Kier molecular flexibility index (Phi) is 9.04. The second-order valence-corrected chi connectivity index (χ2v) is 8.90. The molecule has 1 aromatic heterocycles. The van der Waals surface area contributed by atoms with Crippen LogP contribution >= 0.6 is 15.9 Å². The van der Waals surface area contributed by atoms with E-state index in [0.717, 1.165) is 12.1 Å². The fourth-order valence-electron chi connectivity index (χ4n) is 3.30. The smallest absolute Gasteiger partial charge is 0.416 e. The number of guanidine groups is 1. The normalized spacial score (nSPS) is 16.1. The van der Waals surface area contributed by atoms with Crippen LogP contribution in [0.5, 0.6) is 0 Å². The number of carboxylic acids is 1. The molecule has 2 unspecified atom stereocenters. The summed E-state index contributed by atoms with van der Waals surface area (Å²) in [5.74, 6) is -2.44. The zero-order chi connectivity index (χ0) is 27.2. The van der Waals surface area contributed by atoms with E-state index in [1.807, 2.05) is 0 Å². The SMILES string of the molecule is O=C(O)CC(NC(=O)CNC(=O)c1cncc(NC2=NCC(O)CN2)c1)c1cc(Br)cc(C(F)(F)F)c1. The van der Waals surface area contributed by atoms with Gasteiger partial charge in [-0.1, -0.05) is 15.9 Å². The van der Waals surface area contributed by atoms with Gasteiger partial charge in [-0.15, -0.1) is 0 Å². The fourth-order valence-corrected chi connectivity index (χ4v) is 3.81. The van der Waals surface area contributed by atoms with Crippen LogP contribution in [0, 0.1) is 0 Å². The topological polar surface area (TPSA) is 165 Å². The predicted molar refractivity (Wildman–Crippen MR) is 129 cm³/mol. The van der Waals surface area contributed by atoms with Crippen LogP contribution in [0.4, 0.5) is 18.9 Å². The zero-order valence-corrected chi connectivity index (χ0v) is 20.6. The quantitative estimate of drug-likeness (QED) is 0.272. The Balaban J connectivity index is 1.64. The van der Waals surface area contributed by atoms with Gasteiger partial charge < -0.3 is 31.5 Å². The van der Waals surface area contributed by atoms with E-state index in [-0.39, 0.29) is 22.1 Å². The van der Waals surface area contributed by atoms with E-state index in [2.05, 4.69) is 47.2 Å². The highest BCUT2D eigenvalue weighted by Crippen LogP contribution is 2.34. The number of benzene rings is 1. The van der Waals surface area contributed by atoms with Crippen molar-refractivity contribution in [3.63, 3.8) is 0 Å². The highest BCUT2D eigenvalue weighted by molar-refractivity contribution is 9.10. The first-order valence-electron chi connectivity index (χ1n) is 10.8. The lowest BCUT2D eigenvalue weighted by Crippen LogP contribution is -2.42. The van der Waals surface area contributed by atoms with E-state index in [0.29, 0.717) is 18.2 Å².